The van der Waals surface area contributed by atoms with E-state index in [4.69, 9.17) is 0 Å². The lowest BCUT2D eigenvalue weighted by molar-refractivity contribution is -0.0386. The number of nitrogens with zero attached hydrogens (tertiary/aromatic N) is 3. The Hall–Kier alpha value is -1.04. The molecular weight excluding hydrogens is 288 g/mol. The molecule has 4 nitrogen and oxygen atoms in total. The molecule has 2 atom stereocenters. The van der Waals surface area contributed by atoms with Gasteiger partial charge >= 0.3 is 0 Å². The van der Waals surface area contributed by atoms with Gasteiger partial charge in [-0.15, -0.1) is 0 Å². The summed E-state index contributed by atoms with van der Waals surface area (Å²) in [6, 6.07) is -0.430. The number of hydrogen-bond acceptors (Lipinski definition) is 3. The molecule has 2 unspecified atom stereocenters. The van der Waals surface area contributed by atoms with E-state index in [1.165, 1.54) is 51.7 Å². The lowest BCUT2D eigenvalue weighted by Crippen LogP contribution is -2.43. The van der Waals surface area contributed by atoms with Gasteiger partial charge in [0.15, 0.2) is 0 Å². The molecule has 1 aromatic rings. The maximum atomic E-state index is 13.2. The zero-order chi connectivity index (χ0) is 16.0. The average Bonchev–Trinajstić information content (AvgIpc) is 3.09. The first-order valence-electron chi connectivity index (χ1n) is 8.25. The molecule has 0 spiro atoms. The molecule has 6 heteroatoms. The van der Waals surface area contributed by atoms with E-state index in [0.29, 0.717) is 12.3 Å². The first kappa shape index (κ1) is 17.3. The number of hydrogen-bond donors (Lipinski definition) is 1. The van der Waals surface area contributed by atoms with Gasteiger partial charge in [0, 0.05) is 0 Å². The van der Waals surface area contributed by atoms with Crippen LogP contribution in [0.3, 0.4) is 0 Å². The molecule has 1 fully saturated rings. The first-order chi connectivity index (χ1) is 10.6. The molecule has 1 aromatic heterocycles. The highest BCUT2D eigenvalue weighted by Gasteiger charge is 2.40. The van der Waals surface area contributed by atoms with E-state index in [2.05, 4.69) is 10.1 Å². The van der Waals surface area contributed by atoms with Crippen LogP contribution in [0.2, 0.25) is 0 Å². The minimum atomic E-state index is -1.39. The van der Waals surface area contributed by atoms with Crippen LogP contribution in [0.25, 0.3) is 0 Å². The summed E-state index contributed by atoms with van der Waals surface area (Å²) in [4.78, 5) is 3.91. The summed E-state index contributed by atoms with van der Waals surface area (Å²) >= 11 is 0. The van der Waals surface area contributed by atoms with Gasteiger partial charge in [-0.3, -0.25) is 8.78 Å². The zero-order valence-corrected chi connectivity index (χ0v) is 13.3. The fourth-order valence-electron chi connectivity index (χ4n) is 3.36. The van der Waals surface area contributed by atoms with E-state index in [1.807, 2.05) is 0 Å². The second-order valence-corrected chi connectivity index (χ2v) is 6.89. The predicted octanol–water partition coefficient (Wildman–Crippen LogP) is 3.49. The van der Waals surface area contributed by atoms with Gasteiger partial charge in [0.25, 0.3) is 0 Å². The number of rotatable bonds is 8. The summed E-state index contributed by atoms with van der Waals surface area (Å²) in [7, 11) is 0. The van der Waals surface area contributed by atoms with E-state index in [9.17, 15) is 13.9 Å². The van der Waals surface area contributed by atoms with Crippen molar-refractivity contribution in [1.82, 2.24) is 14.8 Å². The largest absolute Gasteiger partial charge is 0.390 e. The number of alkyl halides is 2. The topological polar surface area (TPSA) is 50.9 Å². The van der Waals surface area contributed by atoms with Crippen LogP contribution in [0.15, 0.2) is 12.7 Å². The van der Waals surface area contributed by atoms with Gasteiger partial charge in [-0.1, -0.05) is 39.0 Å². The number of aliphatic hydroxyl groups is 1. The van der Waals surface area contributed by atoms with E-state index in [1.54, 1.807) is 4.68 Å². The molecule has 0 bridgehead atoms. The molecular formula is C16H27F2N3O. The molecule has 1 aliphatic rings. The predicted molar refractivity (Wildman–Crippen MR) is 80.9 cm³/mol. The van der Waals surface area contributed by atoms with Gasteiger partial charge in [-0.2, -0.15) is 5.10 Å². The molecule has 1 saturated carbocycles. The maximum Gasteiger partial charge on any atom is 0.137 e. The molecule has 0 saturated heterocycles. The zero-order valence-electron chi connectivity index (χ0n) is 13.3. The van der Waals surface area contributed by atoms with Crippen LogP contribution < -0.4 is 0 Å². The molecule has 0 aliphatic heterocycles. The van der Waals surface area contributed by atoms with Gasteiger partial charge in [0.05, 0.1) is 30.9 Å². The minimum Gasteiger partial charge on any atom is -0.390 e. The lowest BCUT2D eigenvalue weighted by Gasteiger charge is -2.35. The Balaban J connectivity index is 2.06. The summed E-state index contributed by atoms with van der Waals surface area (Å²) in [6.45, 7) is -0.333. The van der Waals surface area contributed by atoms with Crippen LogP contribution in [0, 0.1) is 11.3 Å². The fraction of sp³-hybridized carbons (Fsp3) is 0.875. The molecule has 2 rings (SSSR count). The van der Waals surface area contributed by atoms with Crippen LogP contribution in [0.5, 0.6) is 0 Å². The van der Waals surface area contributed by atoms with Crippen molar-refractivity contribution in [2.75, 3.05) is 13.3 Å². The first-order valence-corrected chi connectivity index (χ1v) is 8.25. The van der Waals surface area contributed by atoms with Crippen molar-refractivity contribution in [1.29, 1.82) is 0 Å². The monoisotopic (exact) mass is 315 g/mol. The van der Waals surface area contributed by atoms with Crippen LogP contribution >= 0.6 is 0 Å². The third kappa shape index (κ3) is 4.03. The lowest BCUT2D eigenvalue weighted by atomic mass is 9.79. The molecule has 22 heavy (non-hydrogen) atoms. The summed E-state index contributed by atoms with van der Waals surface area (Å²) in [5, 5.41) is 14.6. The van der Waals surface area contributed by atoms with Gasteiger partial charge in [0.1, 0.15) is 12.7 Å². The Morgan fingerprint density at radius 1 is 1.27 bits per heavy atom. The Kier molecular flexibility index (Phi) is 6.29. The Morgan fingerprint density at radius 3 is 2.50 bits per heavy atom. The summed E-state index contributed by atoms with van der Waals surface area (Å²) in [6.07, 6.45) is 9.66. The highest BCUT2D eigenvalue weighted by Crippen LogP contribution is 2.35. The van der Waals surface area contributed by atoms with Crippen LogP contribution in [0.1, 0.15) is 57.9 Å². The fourth-order valence-corrected chi connectivity index (χ4v) is 3.36. The Labute approximate surface area is 130 Å². The van der Waals surface area contributed by atoms with Crippen molar-refractivity contribution >= 4 is 0 Å². The highest BCUT2D eigenvalue weighted by molar-refractivity contribution is 4.89. The van der Waals surface area contributed by atoms with Crippen molar-refractivity contribution in [2.45, 2.75) is 64.0 Å². The van der Waals surface area contributed by atoms with E-state index < -0.39 is 30.9 Å². The SMILES string of the molecule is CC(CF)(CF)C(O)C(CCC1CCCCC1)n1cncn1. The second kappa shape index (κ2) is 7.99. The van der Waals surface area contributed by atoms with E-state index in [-0.39, 0.29) is 0 Å². The van der Waals surface area contributed by atoms with Crippen molar-refractivity contribution in [3.05, 3.63) is 12.7 Å². The van der Waals surface area contributed by atoms with Gasteiger partial charge in [0.2, 0.25) is 0 Å². The minimum absolute atomic E-state index is 0.430. The molecule has 0 radical (unpaired) electrons. The highest BCUT2D eigenvalue weighted by atomic mass is 19.1. The normalized spacial score (nSPS) is 20.0. The number of halogens is 2. The molecule has 1 heterocycles. The second-order valence-electron chi connectivity index (χ2n) is 6.89. The van der Waals surface area contributed by atoms with Crippen LogP contribution in [-0.4, -0.2) is 39.3 Å². The molecule has 1 aliphatic carbocycles. The van der Waals surface area contributed by atoms with Gasteiger partial charge < -0.3 is 5.11 Å². The van der Waals surface area contributed by atoms with Crippen LogP contribution in [0.4, 0.5) is 8.78 Å². The Bertz CT molecular complexity index is 417. The average molecular weight is 315 g/mol. The third-order valence-corrected chi connectivity index (χ3v) is 5.06. The van der Waals surface area contributed by atoms with Gasteiger partial charge in [-0.05, 0) is 18.8 Å². The van der Waals surface area contributed by atoms with Gasteiger partial charge in [-0.25, -0.2) is 9.67 Å². The quantitative estimate of drug-likeness (QED) is 0.799. The number of aliphatic hydroxyl groups excluding tert-OH is 1. The number of aromatic nitrogens is 3. The molecule has 0 amide bonds. The standard InChI is InChI=1S/C16H27F2N3O/c1-16(9-17,10-18)15(22)14(21-12-19-11-20-21)8-7-13-5-3-2-4-6-13/h11-15,22H,2-10H2,1H3. The summed E-state index contributed by atoms with van der Waals surface area (Å²) in [5.41, 5.74) is -1.39. The van der Waals surface area contributed by atoms with E-state index in [0.717, 1.165) is 6.42 Å². The van der Waals surface area contributed by atoms with Crippen molar-refractivity contribution in [3.8, 4) is 0 Å². The molecule has 126 valence electrons. The Morgan fingerprint density at radius 2 is 1.95 bits per heavy atom. The summed E-state index contributed by atoms with van der Waals surface area (Å²) < 4.78 is 28.0. The van der Waals surface area contributed by atoms with Crippen LogP contribution in [-0.2, 0) is 0 Å². The van der Waals surface area contributed by atoms with Crippen molar-refractivity contribution < 1.29 is 13.9 Å². The van der Waals surface area contributed by atoms with Crippen molar-refractivity contribution in [2.24, 2.45) is 11.3 Å². The molecule has 0 aromatic carbocycles. The smallest absolute Gasteiger partial charge is 0.137 e. The van der Waals surface area contributed by atoms with Crippen molar-refractivity contribution in [3.63, 3.8) is 0 Å². The van der Waals surface area contributed by atoms with E-state index >= 15 is 0 Å². The maximum absolute atomic E-state index is 13.2. The molecule has 1 N–H and O–H groups in total. The summed E-state index contributed by atoms with van der Waals surface area (Å²) in [5.74, 6) is 0.647. The third-order valence-electron chi connectivity index (χ3n) is 5.06.